The van der Waals surface area contributed by atoms with E-state index < -0.39 is 0 Å². The molecular formula is C25H43N. The molecule has 0 N–H and O–H groups in total. The van der Waals surface area contributed by atoms with Crippen molar-refractivity contribution in [1.82, 2.24) is 0 Å². The summed E-state index contributed by atoms with van der Waals surface area (Å²) in [6.45, 7) is 11.4. The minimum Gasteiger partial charge on any atom is -0.198 e. The molecule has 0 heterocycles. The number of allylic oxidation sites excluding steroid dienone is 3. The summed E-state index contributed by atoms with van der Waals surface area (Å²) >= 11 is 0. The fraction of sp³-hybridized carbons (Fsp3) is 0.800. The fourth-order valence-electron chi connectivity index (χ4n) is 4.32. The summed E-state index contributed by atoms with van der Waals surface area (Å²) in [4.78, 5) is 0. The minimum absolute atomic E-state index is 0.389. The molecule has 0 bridgehead atoms. The van der Waals surface area contributed by atoms with E-state index in [1.54, 1.807) is 5.57 Å². The first kappa shape index (κ1) is 23.0. The Bertz CT molecular complexity index is 475. The molecule has 0 fully saturated rings. The molecule has 148 valence electrons. The van der Waals surface area contributed by atoms with Crippen molar-refractivity contribution >= 4 is 0 Å². The van der Waals surface area contributed by atoms with Crippen LogP contribution in [0, 0.1) is 16.7 Å². The Morgan fingerprint density at radius 1 is 0.846 bits per heavy atom. The van der Waals surface area contributed by atoms with Gasteiger partial charge in [-0.1, -0.05) is 95.8 Å². The number of unbranched alkanes of at least 4 members (excludes halogenated alkanes) is 12. The largest absolute Gasteiger partial charge is 0.198 e. The highest BCUT2D eigenvalue weighted by molar-refractivity contribution is 5.38. The summed E-state index contributed by atoms with van der Waals surface area (Å²) < 4.78 is 0. The Morgan fingerprint density at radius 2 is 1.31 bits per heavy atom. The van der Waals surface area contributed by atoms with E-state index in [0.29, 0.717) is 5.41 Å². The van der Waals surface area contributed by atoms with Gasteiger partial charge in [0.05, 0.1) is 6.07 Å². The van der Waals surface area contributed by atoms with Crippen LogP contribution in [0.5, 0.6) is 0 Å². The highest BCUT2D eigenvalue weighted by Gasteiger charge is 2.29. The van der Waals surface area contributed by atoms with Gasteiger partial charge in [-0.15, -0.1) is 0 Å². The molecule has 0 radical (unpaired) electrons. The molecule has 0 saturated heterocycles. The van der Waals surface area contributed by atoms with E-state index in [4.69, 9.17) is 5.26 Å². The van der Waals surface area contributed by atoms with Gasteiger partial charge in [0.15, 0.2) is 0 Å². The van der Waals surface area contributed by atoms with Crippen LogP contribution in [0.3, 0.4) is 0 Å². The van der Waals surface area contributed by atoms with Crippen LogP contribution in [-0.2, 0) is 0 Å². The predicted octanol–water partition coefficient (Wildman–Crippen LogP) is 8.66. The van der Waals surface area contributed by atoms with Crippen molar-refractivity contribution in [2.45, 2.75) is 124 Å². The Morgan fingerprint density at radius 3 is 1.81 bits per heavy atom. The van der Waals surface area contributed by atoms with Gasteiger partial charge in [-0.25, -0.2) is 0 Å². The summed E-state index contributed by atoms with van der Waals surface area (Å²) in [6, 6.07) is 2.23. The van der Waals surface area contributed by atoms with Crippen LogP contribution in [0.25, 0.3) is 0 Å². The summed E-state index contributed by atoms with van der Waals surface area (Å²) in [6.07, 6.45) is 20.7. The fourth-order valence-corrected chi connectivity index (χ4v) is 4.32. The first-order valence-electron chi connectivity index (χ1n) is 11.2. The lowest BCUT2D eigenvalue weighted by atomic mass is 9.70. The van der Waals surface area contributed by atoms with Crippen molar-refractivity contribution in [2.75, 3.05) is 0 Å². The number of hydrogen-bond donors (Lipinski definition) is 0. The third-order valence-corrected chi connectivity index (χ3v) is 6.32. The molecule has 0 atom stereocenters. The molecule has 1 aliphatic carbocycles. The molecule has 0 unspecified atom stereocenters. The smallest absolute Gasteiger partial charge is 0.0621 e. The lowest BCUT2D eigenvalue weighted by Crippen LogP contribution is -2.21. The first-order valence-corrected chi connectivity index (χ1v) is 11.2. The van der Waals surface area contributed by atoms with Gasteiger partial charge in [-0.2, -0.15) is 5.26 Å². The van der Waals surface area contributed by atoms with Crippen molar-refractivity contribution in [1.29, 1.82) is 5.26 Å². The van der Waals surface area contributed by atoms with Crippen LogP contribution in [0.15, 0.2) is 23.3 Å². The van der Waals surface area contributed by atoms with Crippen molar-refractivity contribution < 1.29 is 0 Å². The quantitative estimate of drug-likeness (QED) is 0.285. The van der Waals surface area contributed by atoms with Gasteiger partial charge >= 0.3 is 0 Å². The lowest BCUT2D eigenvalue weighted by molar-refractivity contribution is 0.372. The molecule has 0 aromatic rings. The van der Waals surface area contributed by atoms with E-state index in [-0.39, 0.29) is 0 Å². The maximum Gasteiger partial charge on any atom is 0.0621 e. The van der Waals surface area contributed by atoms with Crippen LogP contribution in [0.1, 0.15) is 124 Å². The molecule has 0 aliphatic heterocycles. The molecule has 0 aromatic carbocycles. The summed E-state index contributed by atoms with van der Waals surface area (Å²) in [5.41, 5.74) is 4.96. The zero-order valence-corrected chi connectivity index (χ0v) is 18.0. The molecule has 0 amide bonds. The van der Waals surface area contributed by atoms with E-state index in [0.717, 1.165) is 12.8 Å². The van der Waals surface area contributed by atoms with Crippen molar-refractivity contribution in [2.24, 2.45) is 5.41 Å². The van der Waals surface area contributed by atoms with Gasteiger partial charge in [0.25, 0.3) is 0 Å². The maximum absolute atomic E-state index is 8.50. The predicted molar refractivity (Wildman–Crippen MR) is 115 cm³/mol. The van der Waals surface area contributed by atoms with Crippen LogP contribution in [-0.4, -0.2) is 0 Å². The Balaban J connectivity index is 1.97. The van der Waals surface area contributed by atoms with Gasteiger partial charge in [0.2, 0.25) is 0 Å². The van der Waals surface area contributed by atoms with E-state index in [2.05, 4.69) is 33.4 Å². The van der Waals surface area contributed by atoms with Gasteiger partial charge in [0.1, 0.15) is 0 Å². The van der Waals surface area contributed by atoms with Crippen LogP contribution < -0.4 is 0 Å². The van der Waals surface area contributed by atoms with Gasteiger partial charge in [0, 0.05) is 6.42 Å². The Labute approximate surface area is 164 Å². The molecule has 1 heteroatoms. The summed E-state index contributed by atoms with van der Waals surface area (Å²) in [5.74, 6) is 0. The number of nitrogens with zero attached hydrogens (tertiary/aromatic N) is 1. The molecule has 1 nitrogen and oxygen atoms in total. The van der Waals surface area contributed by atoms with Crippen molar-refractivity contribution in [3.8, 4) is 6.07 Å². The average Bonchev–Trinajstić information content (AvgIpc) is 2.61. The van der Waals surface area contributed by atoms with Crippen LogP contribution in [0.4, 0.5) is 0 Å². The molecule has 26 heavy (non-hydrogen) atoms. The van der Waals surface area contributed by atoms with E-state index in [9.17, 15) is 0 Å². The third kappa shape index (κ3) is 9.07. The monoisotopic (exact) mass is 357 g/mol. The maximum atomic E-state index is 8.50. The summed E-state index contributed by atoms with van der Waals surface area (Å²) in [7, 11) is 0. The zero-order valence-electron chi connectivity index (χ0n) is 18.0. The minimum atomic E-state index is 0.389. The second-order valence-electron chi connectivity index (χ2n) is 8.99. The molecule has 0 saturated carbocycles. The van der Waals surface area contributed by atoms with Crippen LogP contribution in [0.2, 0.25) is 0 Å². The normalized spacial score (nSPS) is 16.8. The van der Waals surface area contributed by atoms with E-state index in [1.807, 2.05) is 0 Å². The second kappa shape index (κ2) is 13.2. The first-order chi connectivity index (χ1) is 12.5. The van der Waals surface area contributed by atoms with Crippen molar-refractivity contribution in [3.05, 3.63) is 23.3 Å². The molecule has 0 aromatic heterocycles. The summed E-state index contributed by atoms with van der Waals surface area (Å²) in [5, 5.41) is 8.50. The van der Waals surface area contributed by atoms with E-state index >= 15 is 0 Å². The Hall–Kier alpha value is -1.03. The van der Waals surface area contributed by atoms with Gasteiger partial charge < -0.3 is 0 Å². The molecule has 0 spiro atoms. The number of rotatable bonds is 14. The number of nitriles is 1. The SMILES string of the molecule is C=C1CCC(C)(C)C(CCCCCCCCCCCCCCC#N)=C1C. The topological polar surface area (TPSA) is 23.8 Å². The average molecular weight is 358 g/mol. The molecule has 1 aliphatic rings. The van der Waals surface area contributed by atoms with Gasteiger partial charge in [-0.3, -0.25) is 0 Å². The second-order valence-corrected chi connectivity index (χ2v) is 8.99. The highest BCUT2D eigenvalue weighted by atomic mass is 14.3. The van der Waals surface area contributed by atoms with Crippen molar-refractivity contribution in [3.63, 3.8) is 0 Å². The lowest BCUT2D eigenvalue weighted by Gasteiger charge is -2.35. The van der Waals surface area contributed by atoms with E-state index in [1.165, 1.54) is 101 Å². The van der Waals surface area contributed by atoms with Gasteiger partial charge in [-0.05, 0) is 50.0 Å². The standard InChI is InChI=1S/C25H43N/c1-22-19-20-25(3,4)24(23(22)2)18-16-14-12-10-8-6-5-7-9-11-13-15-17-21-26/h1,5-20H2,2-4H3. The van der Waals surface area contributed by atoms with Crippen LogP contribution >= 0.6 is 0 Å². The molecule has 1 rings (SSSR count). The number of hydrogen-bond acceptors (Lipinski definition) is 1. The Kier molecular flexibility index (Phi) is 11.7. The molecular weight excluding hydrogens is 314 g/mol. The highest BCUT2D eigenvalue weighted by Crippen LogP contribution is 2.44. The zero-order chi connectivity index (χ0) is 19.3. The third-order valence-electron chi connectivity index (χ3n) is 6.32.